The van der Waals surface area contributed by atoms with Gasteiger partial charge in [0.15, 0.2) is 5.60 Å². The van der Waals surface area contributed by atoms with Gasteiger partial charge in [-0.25, -0.2) is 9.36 Å². The van der Waals surface area contributed by atoms with Crippen LogP contribution >= 0.6 is 11.6 Å². The smallest absolute Gasteiger partial charge is 0.268 e. The van der Waals surface area contributed by atoms with Crippen LogP contribution in [0.25, 0.3) is 11.0 Å². The lowest BCUT2D eigenvalue weighted by molar-refractivity contribution is -0.128. The number of rotatable bonds is 6. The van der Waals surface area contributed by atoms with Crippen LogP contribution in [0, 0.1) is 0 Å². The number of carbonyl (C=O) groups is 1. The van der Waals surface area contributed by atoms with E-state index >= 15 is 0 Å². The first-order valence-electron chi connectivity index (χ1n) is 8.97. The number of hydrogen-bond donors (Lipinski definition) is 1. The van der Waals surface area contributed by atoms with E-state index in [9.17, 15) is 4.79 Å². The summed E-state index contributed by atoms with van der Waals surface area (Å²) in [5, 5.41) is 16.0. The van der Waals surface area contributed by atoms with Gasteiger partial charge in [-0.2, -0.15) is 5.10 Å². The second-order valence-corrected chi connectivity index (χ2v) is 7.44. The summed E-state index contributed by atoms with van der Waals surface area (Å²) in [7, 11) is 0. The van der Waals surface area contributed by atoms with Crippen molar-refractivity contribution in [2.24, 2.45) is 0 Å². The van der Waals surface area contributed by atoms with Gasteiger partial charge in [-0.05, 0) is 50.2 Å². The molecule has 0 saturated carbocycles. The van der Waals surface area contributed by atoms with Gasteiger partial charge in [0, 0.05) is 5.02 Å². The zero-order chi connectivity index (χ0) is 20.4. The van der Waals surface area contributed by atoms with Crippen molar-refractivity contribution in [1.29, 1.82) is 0 Å². The second-order valence-electron chi connectivity index (χ2n) is 7.01. The number of carbonyl (C=O) groups excluding carboxylic acids is 1. The third kappa shape index (κ3) is 4.22. The SMILES string of the molecule is CC(C)(Oc1ccc(Cl)cc1)C(=O)Nc1cnn(Cn2nnc3ccccc32)c1. The lowest BCUT2D eigenvalue weighted by Gasteiger charge is -2.25. The molecule has 4 aromatic rings. The predicted octanol–water partition coefficient (Wildman–Crippen LogP) is 3.58. The van der Waals surface area contributed by atoms with Crippen molar-refractivity contribution in [3.63, 3.8) is 0 Å². The zero-order valence-corrected chi connectivity index (χ0v) is 16.7. The number of hydrogen-bond acceptors (Lipinski definition) is 5. The van der Waals surface area contributed by atoms with E-state index in [4.69, 9.17) is 16.3 Å². The lowest BCUT2D eigenvalue weighted by atomic mass is 10.1. The minimum absolute atomic E-state index is 0.293. The molecule has 4 rings (SSSR count). The van der Waals surface area contributed by atoms with Crippen molar-refractivity contribution in [2.45, 2.75) is 26.1 Å². The molecule has 0 aliphatic rings. The average Bonchev–Trinajstić information content (AvgIpc) is 3.31. The summed E-state index contributed by atoms with van der Waals surface area (Å²) in [6, 6.07) is 14.5. The van der Waals surface area contributed by atoms with Crippen LogP contribution in [0.1, 0.15) is 13.8 Å². The fraction of sp³-hybridized carbons (Fsp3) is 0.200. The standard InChI is InChI=1S/C20H19ClN6O2/c1-20(2,29-16-9-7-14(21)8-10-16)19(28)23-15-11-22-26(12-15)13-27-18-6-4-3-5-17(18)24-25-27/h3-12H,13H2,1-2H3,(H,23,28). The van der Waals surface area contributed by atoms with E-state index in [2.05, 4.69) is 20.7 Å². The highest BCUT2D eigenvalue weighted by Crippen LogP contribution is 2.22. The number of para-hydroxylation sites is 1. The largest absolute Gasteiger partial charge is 0.478 e. The second kappa shape index (κ2) is 7.56. The summed E-state index contributed by atoms with van der Waals surface area (Å²) in [4.78, 5) is 12.7. The first-order valence-corrected chi connectivity index (χ1v) is 9.35. The van der Waals surface area contributed by atoms with Crippen molar-refractivity contribution >= 4 is 34.2 Å². The maximum absolute atomic E-state index is 12.7. The number of halogens is 1. The molecule has 0 aliphatic carbocycles. The van der Waals surface area contributed by atoms with Crippen molar-refractivity contribution in [2.75, 3.05) is 5.32 Å². The Morgan fingerprint density at radius 3 is 2.72 bits per heavy atom. The van der Waals surface area contributed by atoms with Gasteiger partial charge >= 0.3 is 0 Å². The van der Waals surface area contributed by atoms with E-state index in [1.807, 2.05) is 24.3 Å². The third-order valence-corrected chi connectivity index (χ3v) is 4.58. The first kappa shape index (κ1) is 18.9. The summed E-state index contributed by atoms with van der Waals surface area (Å²) in [5.41, 5.74) is 1.20. The molecule has 2 aromatic carbocycles. The number of aromatic nitrogens is 5. The number of anilines is 1. The van der Waals surface area contributed by atoms with Crippen molar-refractivity contribution in [1.82, 2.24) is 24.8 Å². The molecule has 148 valence electrons. The summed E-state index contributed by atoms with van der Waals surface area (Å²) >= 11 is 5.88. The first-order chi connectivity index (χ1) is 13.9. The molecule has 0 aliphatic heterocycles. The Morgan fingerprint density at radius 2 is 1.93 bits per heavy atom. The highest BCUT2D eigenvalue weighted by Gasteiger charge is 2.30. The molecule has 2 aromatic heterocycles. The van der Waals surface area contributed by atoms with Gasteiger partial charge in [-0.3, -0.25) is 4.79 Å². The fourth-order valence-corrected chi connectivity index (χ4v) is 2.92. The molecule has 29 heavy (non-hydrogen) atoms. The molecular weight excluding hydrogens is 392 g/mol. The van der Waals surface area contributed by atoms with Gasteiger partial charge in [-0.1, -0.05) is 28.9 Å². The van der Waals surface area contributed by atoms with E-state index in [1.54, 1.807) is 59.9 Å². The maximum atomic E-state index is 12.7. The molecule has 1 N–H and O–H groups in total. The number of amides is 1. The molecule has 0 unspecified atom stereocenters. The van der Waals surface area contributed by atoms with E-state index in [-0.39, 0.29) is 5.91 Å². The van der Waals surface area contributed by atoms with Crippen LogP contribution in [0.15, 0.2) is 60.9 Å². The summed E-state index contributed by atoms with van der Waals surface area (Å²) < 4.78 is 9.22. The van der Waals surface area contributed by atoms with Crippen LogP contribution in [-0.4, -0.2) is 36.3 Å². The van der Waals surface area contributed by atoms with Crippen molar-refractivity contribution in [3.05, 3.63) is 65.9 Å². The summed E-state index contributed by atoms with van der Waals surface area (Å²) in [5.74, 6) is 0.265. The Kier molecular flexibility index (Phi) is 4.94. The van der Waals surface area contributed by atoms with Gasteiger partial charge in [0.05, 0.1) is 23.6 Å². The quantitative estimate of drug-likeness (QED) is 0.525. The maximum Gasteiger partial charge on any atom is 0.268 e. The normalized spacial score (nSPS) is 11.6. The Hall–Kier alpha value is -3.39. The highest BCUT2D eigenvalue weighted by molar-refractivity contribution is 6.30. The number of ether oxygens (including phenoxy) is 1. The lowest BCUT2D eigenvalue weighted by Crippen LogP contribution is -2.42. The van der Waals surface area contributed by atoms with Crippen LogP contribution in [0.4, 0.5) is 5.69 Å². The molecule has 0 fully saturated rings. The summed E-state index contributed by atoms with van der Waals surface area (Å²) in [6.45, 7) is 3.77. The van der Waals surface area contributed by atoms with Gasteiger partial charge in [0.25, 0.3) is 5.91 Å². The van der Waals surface area contributed by atoms with Gasteiger partial charge in [-0.15, -0.1) is 5.10 Å². The number of fused-ring (bicyclic) bond motifs is 1. The fourth-order valence-electron chi connectivity index (χ4n) is 2.79. The molecule has 2 heterocycles. The van der Waals surface area contributed by atoms with Crippen LogP contribution in [0.5, 0.6) is 5.75 Å². The molecule has 0 bridgehead atoms. The molecule has 0 radical (unpaired) electrons. The highest BCUT2D eigenvalue weighted by atomic mass is 35.5. The zero-order valence-electron chi connectivity index (χ0n) is 15.9. The Bertz CT molecular complexity index is 1150. The van der Waals surface area contributed by atoms with Gasteiger partial charge in [0.1, 0.15) is 17.9 Å². The molecule has 0 atom stereocenters. The van der Waals surface area contributed by atoms with Crippen LogP contribution in [0.2, 0.25) is 5.02 Å². The van der Waals surface area contributed by atoms with E-state index in [0.717, 1.165) is 11.0 Å². The summed E-state index contributed by atoms with van der Waals surface area (Å²) in [6.07, 6.45) is 3.31. The van der Waals surface area contributed by atoms with E-state index in [0.29, 0.717) is 23.1 Å². The number of benzene rings is 2. The predicted molar refractivity (Wildman–Crippen MR) is 110 cm³/mol. The Morgan fingerprint density at radius 1 is 1.17 bits per heavy atom. The average molecular weight is 411 g/mol. The molecular formula is C20H19ClN6O2. The van der Waals surface area contributed by atoms with Crippen LogP contribution < -0.4 is 10.1 Å². The topological polar surface area (TPSA) is 86.9 Å². The van der Waals surface area contributed by atoms with Crippen LogP contribution in [-0.2, 0) is 11.5 Å². The molecule has 9 heteroatoms. The minimum atomic E-state index is -1.09. The van der Waals surface area contributed by atoms with Crippen molar-refractivity contribution in [3.8, 4) is 5.75 Å². The van der Waals surface area contributed by atoms with Crippen LogP contribution in [0.3, 0.4) is 0 Å². The number of nitrogens with one attached hydrogen (secondary N) is 1. The van der Waals surface area contributed by atoms with Gasteiger partial charge in [0.2, 0.25) is 0 Å². The van der Waals surface area contributed by atoms with Gasteiger partial charge < -0.3 is 10.1 Å². The van der Waals surface area contributed by atoms with Crippen molar-refractivity contribution < 1.29 is 9.53 Å². The molecule has 8 nitrogen and oxygen atoms in total. The minimum Gasteiger partial charge on any atom is -0.478 e. The van der Waals surface area contributed by atoms with E-state index < -0.39 is 5.60 Å². The number of nitrogens with zero attached hydrogens (tertiary/aromatic N) is 5. The van der Waals surface area contributed by atoms with E-state index in [1.165, 1.54) is 0 Å². The third-order valence-electron chi connectivity index (χ3n) is 4.32. The molecule has 0 saturated heterocycles. The molecule has 0 spiro atoms. The Labute approximate surface area is 172 Å². The Balaban J connectivity index is 1.42. The molecule has 1 amide bonds. The monoisotopic (exact) mass is 410 g/mol.